The summed E-state index contributed by atoms with van der Waals surface area (Å²) < 4.78 is 16.2. The molecule has 1 aromatic carbocycles. The molecule has 6 nitrogen and oxygen atoms in total. The van der Waals surface area contributed by atoms with Gasteiger partial charge in [-0.25, -0.2) is 4.98 Å². The Morgan fingerprint density at radius 2 is 1.66 bits per heavy atom. The van der Waals surface area contributed by atoms with Gasteiger partial charge in [0.25, 0.3) is 0 Å². The molecule has 0 atom stereocenters. The zero-order valence-electron chi connectivity index (χ0n) is 20.2. The SMILES string of the molecule is COc1cc(OC)c(OC)cc1C=C(C)C(=O)N1CCC(c2nc(C(C)(C)C)cs2)CC1. The zero-order chi connectivity index (χ0) is 23.5. The Labute approximate surface area is 195 Å². The van der Waals surface area contributed by atoms with Crippen LogP contribution in [0.5, 0.6) is 17.2 Å². The van der Waals surface area contributed by atoms with Crippen LogP contribution < -0.4 is 14.2 Å². The first kappa shape index (κ1) is 24.1. The van der Waals surface area contributed by atoms with Crippen molar-refractivity contribution in [3.05, 3.63) is 39.4 Å². The molecule has 1 amide bonds. The Bertz CT molecular complexity index is 982. The van der Waals surface area contributed by atoms with Crippen LogP contribution in [-0.2, 0) is 10.2 Å². The summed E-state index contributed by atoms with van der Waals surface area (Å²) in [7, 11) is 4.78. The molecule has 0 aliphatic carbocycles. The molecule has 0 unspecified atom stereocenters. The van der Waals surface area contributed by atoms with Gasteiger partial charge in [-0.1, -0.05) is 20.8 Å². The first-order valence-electron chi connectivity index (χ1n) is 10.9. The molecule has 0 saturated carbocycles. The van der Waals surface area contributed by atoms with Gasteiger partial charge in [0, 0.05) is 47.0 Å². The van der Waals surface area contributed by atoms with Crippen molar-refractivity contribution in [3.63, 3.8) is 0 Å². The number of ether oxygens (including phenoxy) is 3. The summed E-state index contributed by atoms with van der Waals surface area (Å²) in [4.78, 5) is 19.9. The van der Waals surface area contributed by atoms with E-state index in [-0.39, 0.29) is 11.3 Å². The molecular weight excluding hydrogens is 424 g/mol. The third kappa shape index (κ3) is 5.26. The fraction of sp³-hybridized carbons (Fsp3) is 0.520. The average Bonchev–Trinajstić information content (AvgIpc) is 3.29. The quantitative estimate of drug-likeness (QED) is 0.552. The van der Waals surface area contributed by atoms with E-state index in [9.17, 15) is 4.79 Å². The van der Waals surface area contributed by atoms with Gasteiger partial charge in [0.2, 0.25) is 5.91 Å². The highest BCUT2D eigenvalue weighted by molar-refractivity contribution is 7.09. The molecule has 174 valence electrons. The summed E-state index contributed by atoms with van der Waals surface area (Å²) in [6, 6.07) is 3.60. The second-order valence-electron chi connectivity index (χ2n) is 9.16. The Hall–Kier alpha value is -2.54. The van der Waals surface area contributed by atoms with Gasteiger partial charge in [-0.05, 0) is 31.9 Å². The number of piperidine rings is 1. The Morgan fingerprint density at radius 3 is 2.19 bits per heavy atom. The minimum atomic E-state index is 0.0507. The molecule has 7 heteroatoms. The largest absolute Gasteiger partial charge is 0.496 e. The summed E-state index contributed by atoms with van der Waals surface area (Å²) in [5, 5.41) is 3.38. The van der Waals surface area contributed by atoms with Crippen LogP contribution in [-0.4, -0.2) is 50.2 Å². The summed E-state index contributed by atoms with van der Waals surface area (Å²) in [5.41, 5.74) is 2.67. The molecule has 1 aromatic heterocycles. The van der Waals surface area contributed by atoms with Crippen LogP contribution >= 0.6 is 11.3 Å². The normalized spacial score (nSPS) is 15.6. The third-order valence-corrected chi connectivity index (χ3v) is 6.87. The van der Waals surface area contributed by atoms with E-state index in [2.05, 4.69) is 26.2 Å². The molecule has 1 aliphatic rings. The smallest absolute Gasteiger partial charge is 0.249 e. The molecule has 0 radical (unpaired) electrons. The molecule has 0 spiro atoms. The first-order chi connectivity index (χ1) is 15.2. The number of benzene rings is 1. The number of rotatable bonds is 6. The van der Waals surface area contributed by atoms with Gasteiger partial charge in [0.1, 0.15) is 5.75 Å². The van der Waals surface area contributed by atoms with Crippen LogP contribution in [0.4, 0.5) is 0 Å². The minimum Gasteiger partial charge on any atom is -0.496 e. The van der Waals surface area contributed by atoms with Crippen molar-refractivity contribution in [2.45, 2.75) is 51.9 Å². The predicted octanol–water partition coefficient (Wildman–Crippen LogP) is 5.28. The van der Waals surface area contributed by atoms with Crippen LogP contribution in [0.2, 0.25) is 0 Å². The van der Waals surface area contributed by atoms with Gasteiger partial charge in [-0.3, -0.25) is 4.79 Å². The number of nitrogens with zero attached hydrogens (tertiary/aromatic N) is 2. The van der Waals surface area contributed by atoms with E-state index in [0.29, 0.717) is 28.7 Å². The van der Waals surface area contributed by atoms with E-state index in [0.717, 1.165) is 37.2 Å². The number of aromatic nitrogens is 1. The highest BCUT2D eigenvalue weighted by atomic mass is 32.1. The van der Waals surface area contributed by atoms with Gasteiger partial charge in [-0.15, -0.1) is 11.3 Å². The lowest BCUT2D eigenvalue weighted by molar-refractivity contribution is -0.128. The summed E-state index contributed by atoms with van der Waals surface area (Å²) >= 11 is 1.75. The van der Waals surface area contributed by atoms with Crippen LogP contribution in [0.1, 0.15) is 62.7 Å². The third-order valence-electron chi connectivity index (χ3n) is 5.87. The molecule has 1 aliphatic heterocycles. The van der Waals surface area contributed by atoms with Gasteiger partial charge in [0.15, 0.2) is 11.5 Å². The maximum atomic E-state index is 13.1. The zero-order valence-corrected chi connectivity index (χ0v) is 21.0. The fourth-order valence-electron chi connectivity index (χ4n) is 3.86. The van der Waals surface area contributed by atoms with E-state index < -0.39 is 0 Å². The number of carbonyl (C=O) groups excluding carboxylic acids is 1. The van der Waals surface area contributed by atoms with E-state index >= 15 is 0 Å². The first-order valence-corrected chi connectivity index (χ1v) is 11.8. The number of methoxy groups -OCH3 is 3. The van der Waals surface area contributed by atoms with E-state index in [1.54, 1.807) is 38.7 Å². The van der Waals surface area contributed by atoms with E-state index in [4.69, 9.17) is 19.2 Å². The number of thiazole rings is 1. The van der Waals surface area contributed by atoms with Crippen molar-refractivity contribution in [2.24, 2.45) is 0 Å². The molecular formula is C25H34N2O4S. The number of hydrogen-bond donors (Lipinski definition) is 0. The van der Waals surface area contributed by atoms with Crippen LogP contribution in [0.25, 0.3) is 6.08 Å². The van der Waals surface area contributed by atoms with E-state index in [1.807, 2.05) is 24.0 Å². The van der Waals surface area contributed by atoms with Crippen LogP contribution in [0, 0.1) is 0 Å². The number of carbonyl (C=O) groups is 1. The maximum absolute atomic E-state index is 13.1. The average molecular weight is 459 g/mol. The molecule has 2 heterocycles. The molecule has 0 N–H and O–H groups in total. The summed E-state index contributed by atoms with van der Waals surface area (Å²) in [6.07, 6.45) is 3.73. The van der Waals surface area contributed by atoms with Gasteiger partial charge < -0.3 is 19.1 Å². The summed E-state index contributed by atoms with van der Waals surface area (Å²) in [6.45, 7) is 9.90. The lowest BCUT2D eigenvalue weighted by Crippen LogP contribution is -2.38. The highest BCUT2D eigenvalue weighted by Crippen LogP contribution is 2.36. The second-order valence-corrected chi connectivity index (χ2v) is 10.1. The van der Waals surface area contributed by atoms with Crippen molar-refractivity contribution in [1.82, 2.24) is 9.88 Å². The molecule has 2 aromatic rings. The Balaban J connectivity index is 1.70. The number of hydrogen-bond acceptors (Lipinski definition) is 6. The molecule has 1 saturated heterocycles. The van der Waals surface area contributed by atoms with Crippen LogP contribution in [0.3, 0.4) is 0 Å². The molecule has 1 fully saturated rings. The number of likely N-dealkylation sites (tertiary alicyclic amines) is 1. The fourth-order valence-corrected chi connectivity index (χ4v) is 5.08. The summed E-state index contributed by atoms with van der Waals surface area (Å²) in [5.74, 6) is 2.29. The monoisotopic (exact) mass is 458 g/mol. The lowest BCUT2D eigenvalue weighted by atomic mass is 9.93. The Kier molecular flexibility index (Phi) is 7.49. The predicted molar refractivity (Wildman–Crippen MR) is 129 cm³/mol. The minimum absolute atomic E-state index is 0.0507. The van der Waals surface area contributed by atoms with Gasteiger partial charge >= 0.3 is 0 Å². The van der Waals surface area contributed by atoms with Crippen molar-refractivity contribution in [2.75, 3.05) is 34.4 Å². The van der Waals surface area contributed by atoms with Crippen molar-refractivity contribution >= 4 is 23.3 Å². The van der Waals surface area contributed by atoms with Gasteiger partial charge in [0.05, 0.1) is 32.0 Å². The lowest BCUT2D eigenvalue weighted by Gasteiger charge is -2.31. The highest BCUT2D eigenvalue weighted by Gasteiger charge is 2.27. The molecule has 32 heavy (non-hydrogen) atoms. The Morgan fingerprint density at radius 1 is 1.06 bits per heavy atom. The van der Waals surface area contributed by atoms with Crippen molar-refractivity contribution < 1.29 is 19.0 Å². The standard InChI is InChI=1S/C25H34N2O4S/c1-16(12-18-13-20(30-6)21(31-7)14-19(18)29-5)24(28)27-10-8-17(9-11-27)23-26-22(15-32-23)25(2,3)4/h12-15,17H,8-11H2,1-7H3. The maximum Gasteiger partial charge on any atom is 0.249 e. The van der Waals surface area contributed by atoms with Crippen LogP contribution in [0.15, 0.2) is 23.1 Å². The molecule has 0 bridgehead atoms. The van der Waals surface area contributed by atoms with Crippen molar-refractivity contribution in [1.29, 1.82) is 0 Å². The topological polar surface area (TPSA) is 60.9 Å². The van der Waals surface area contributed by atoms with E-state index in [1.165, 1.54) is 5.01 Å². The number of amides is 1. The van der Waals surface area contributed by atoms with Gasteiger partial charge in [-0.2, -0.15) is 0 Å². The van der Waals surface area contributed by atoms with Crippen molar-refractivity contribution in [3.8, 4) is 17.2 Å². The second kappa shape index (κ2) is 9.94. The molecule has 3 rings (SSSR count).